The highest BCUT2D eigenvalue weighted by molar-refractivity contribution is 7.11. The van der Waals surface area contributed by atoms with Crippen LogP contribution in [0, 0.1) is 13.8 Å². The Hall–Kier alpha value is -1.43. The zero-order chi connectivity index (χ0) is 14.9. The van der Waals surface area contributed by atoms with Gasteiger partial charge in [0.1, 0.15) is 11.0 Å². The van der Waals surface area contributed by atoms with Gasteiger partial charge in [-0.05, 0) is 27.2 Å². The Balaban J connectivity index is 2.12. The Morgan fingerprint density at radius 1 is 1.35 bits per heavy atom. The number of aromatic nitrogens is 1. The zero-order valence-electron chi connectivity index (χ0n) is 12.5. The number of rotatable bonds is 4. The van der Waals surface area contributed by atoms with Crippen LogP contribution in [-0.4, -0.2) is 45.7 Å². The molecule has 1 aliphatic rings. The number of carbonyl (C=O) groups excluding carboxylic acids is 2. The molecule has 5 nitrogen and oxygen atoms in total. The summed E-state index contributed by atoms with van der Waals surface area (Å²) in [6.07, 6.45) is 0.872. The molecule has 20 heavy (non-hydrogen) atoms. The van der Waals surface area contributed by atoms with E-state index in [1.165, 1.54) is 0 Å². The van der Waals surface area contributed by atoms with Crippen molar-refractivity contribution < 1.29 is 9.59 Å². The topological polar surface area (TPSA) is 53.5 Å². The van der Waals surface area contributed by atoms with Crippen LogP contribution in [0.15, 0.2) is 0 Å². The third kappa shape index (κ3) is 2.85. The Kier molecular flexibility index (Phi) is 4.42. The molecule has 2 rings (SSSR count). The molecule has 0 N–H and O–H groups in total. The lowest BCUT2D eigenvalue weighted by Crippen LogP contribution is -2.58. The second kappa shape index (κ2) is 5.91. The number of carbonyl (C=O) groups is 2. The molecule has 0 radical (unpaired) electrons. The normalized spacial score (nSPS) is 19.9. The van der Waals surface area contributed by atoms with Gasteiger partial charge in [0.05, 0.1) is 18.8 Å². The molecule has 0 aliphatic carbocycles. The van der Waals surface area contributed by atoms with E-state index in [-0.39, 0.29) is 18.4 Å². The van der Waals surface area contributed by atoms with E-state index < -0.39 is 6.04 Å². The van der Waals surface area contributed by atoms with Gasteiger partial charge in [-0.25, -0.2) is 4.98 Å². The summed E-state index contributed by atoms with van der Waals surface area (Å²) in [4.78, 5) is 33.4. The molecule has 1 aliphatic heterocycles. The minimum Gasteiger partial charge on any atom is -0.332 e. The van der Waals surface area contributed by atoms with Gasteiger partial charge in [-0.15, -0.1) is 11.3 Å². The quantitative estimate of drug-likeness (QED) is 0.850. The fraction of sp³-hybridized carbons (Fsp3) is 0.643. The Morgan fingerprint density at radius 2 is 2.05 bits per heavy atom. The highest BCUT2D eigenvalue weighted by Gasteiger charge is 2.36. The van der Waals surface area contributed by atoms with Crippen LogP contribution in [0.25, 0.3) is 0 Å². The van der Waals surface area contributed by atoms with E-state index in [4.69, 9.17) is 0 Å². The van der Waals surface area contributed by atoms with E-state index in [1.807, 2.05) is 20.8 Å². The summed E-state index contributed by atoms with van der Waals surface area (Å²) in [5, 5.41) is 0.900. The number of piperazine rings is 1. The summed E-state index contributed by atoms with van der Waals surface area (Å²) in [7, 11) is 0. The smallest absolute Gasteiger partial charge is 0.245 e. The van der Waals surface area contributed by atoms with Gasteiger partial charge in [0.25, 0.3) is 0 Å². The van der Waals surface area contributed by atoms with Crippen molar-refractivity contribution in [1.29, 1.82) is 0 Å². The maximum atomic E-state index is 12.2. The number of hydrogen-bond acceptors (Lipinski definition) is 4. The van der Waals surface area contributed by atoms with Gasteiger partial charge in [0.2, 0.25) is 11.8 Å². The lowest BCUT2D eigenvalue weighted by Gasteiger charge is -2.38. The predicted molar refractivity (Wildman–Crippen MR) is 78.5 cm³/mol. The van der Waals surface area contributed by atoms with E-state index in [2.05, 4.69) is 4.98 Å². The average molecular weight is 295 g/mol. The second-order valence-electron chi connectivity index (χ2n) is 5.21. The first-order valence-corrected chi connectivity index (χ1v) is 7.76. The van der Waals surface area contributed by atoms with Crippen molar-refractivity contribution in [3.8, 4) is 0 Å². The molecule has 1 aromatic heterocycles. The highest BCUT2D eigenvalue weighted by Crippen LogP contribution is 2.21. The van der Waals surface area contributed by atoms with E-state index in [9.17, 15) is 9.59 Å². The Labute approximate surface area is 123 Å². The minimum absolute atomic E-state index is 0.0102. The fourth-order valence-electron chi connectivity index (χ4n) is 2.38. The fourth-order valence-corrected chi connectivity index (χ4v) is 3.32. The molecule has 0 unspecified atom stereocenters. The van der Waals surface area contributed by atoms with Crippen LogP contribution in [0.5, 0.6) is 0 Å². The van der Waals surface area contributed by atoms with Gasteiger partial charge in [-0.3, -0.25) is 9.59 Å². The molecule has 1 atom stereocenters. The highest BCUT2D eigenvalue weighted by atomic mass is 32.1. The molecule has 110 valence electrons. The Bertz CT molecular complexity index is 507. The first-order valence-electron chi connectivity index (χ1n) is 6.95. The molecule has 0 bridgehead atoms. The predicted octanol–water partition coefficient (Wildman–Crippen LogP) is 1.73. The summed E-state index contributed by atoms with van der Waals surface area (Å²) >= 11 is 1.59. The first kappa shape index (κ1) is 15.0. The van der Waals surface area contributed by atoms with Crippen LogP contribution in [-0.2, 0) is 16.1 Å². The van der Waals surface area contributed by atoms with Crippen LogP contribution in [0.2, 0.25) is 0 Å². The molecule has 0 spiro atoms. The van der Waals surface area contributed by atoms with Crippen molar-refractivity contribution in [2.75, 3.05) is 13.1 Å². The molecule has 1 saturated heterocycles. The van der Waals surface area contributed by atoms with E-state index in [0.717, 1.165) is 22.0 Å². The average Bonchev–Trinajstić information content (AvgIpc) is 2.71. The molecular formula is C14H21N3O2S. The van der Waals surface area contributed by atoms with Gasteiger partial charge >= 0.3 is 0 Å². The summed E-state index contributed by atoms with van der Waals surface area (Å²) in [5.74, 6) is 0.0486. The largest absolute Gasteiger partial charge is 0.332 e. The maximum absolute atomic E-state index is 12.2. The molecular weight excluding hydrogens is 274 g/mol. The standard InChI is InChI=1S/C14H21N3O2S/c1-5-6-16-8-13(18)17(10(3)14(16)19)7-12-15-9(2)11(4)20-12/h10H,5-8H2,1-4H3/t10-/m1/s1. The van der Waals surface area contributed by atoms with Crippen molar-refractivity contribution >= 4 is 23.2 Å². The zero-order valence-corrected chi connectivity index (χ0v) is 13.3. The van der Waals surface area contributed by atoms with Crippen LogP contribution in [0.4, 0.5) is 0 Å². The number of hydrogen-bond donors (Lipinski definition) is 0. The maximum Gasteiger partial charge on any atom is 0.245 e. The van der Waals surface area contributed by atoms with Crippen LogP contribution in [0.1, 0.15) is 35.8 Å². The minimum atomic E-state index is -0.396. The van der Waals surface area contributed by atoms with Crippen molar-refractivity contribution in [1.82, 2.24) is 14.8 Å². The number of nitrogens with zero attached hydrogens (tertiary/aromatic N) is 3. The monoisotopic (exact) mass is 295 g/mol. The van der Waals surface area contributed by atoms with Gasteiger partial charge in [-0.1, -0.05) is 6.92 Å². The lowest BCUT2D eigenvalue weighted by atomic mass is 10.1. The summed E-state index contributed by atoms with van der Waals surface area (Å²) < 4.78 is 0. The van der Waals surface area contributed by atoms with E-state index in [1.54, 1.807) is 28.1 Å². The van der Waals surface area contributed by atoms with Crippen molar-refractivity contribution in [3.63, 3.8) is 0 Å². The summed E-state index contributed by atoms with van der Waals surface area (Å²) in [6.45, 7) is 9.08. The second-order valence-corrected chi connectivity index (χ2v) is 6.49. The van der Waals surface area contributed by atoms with E-state index in [0.29, 0.717) is 13.1 Å². The lowest BCUT2D eigenvalue weighted by molar-refractivity contribution is -0.155. The third-order valence-corrected chi connectivity index (χ3v) is 4.71. The Morgan fingerprint density at radius 3 is 2.60 bits per heavy atom. The summed E-state index contributed by atoms with van der Waals surface area (Å²) in [5.41, 5.74) is 1.00. The van der Waals surface area contributed by atoms with Crippen molar-refractivity contribution in [2.45, 2.75) is 46.7 Å². The number of thiazole rings is 1. The molecule has 0 saturated carbocycles. The molecule has 1 fully saturated rings. The molecule has 2 heterocycles. The first-order chi connectivity index (χ1) is 9.43. The van der Waals surface area contributed by atoms with Crippen molar-refractivity contribution in [2.24, 2.45) is 0 Å². The van der Waals surface area contributed by atoms with Crippen LogP contribution in [0.3, 0.4) is 0 Å². The van der Waals surface area contributed by atoms with Crippen molar-refractivity contribution in [3.05, 3.63) is 15.6 Å². The SMILES string of the molecule is CCCN1CC(=O)N(Cc2nc(C)c(C)s2)[C@H](C)C1=O. The van der Waals surface area contributed by atoms with Gasteiger partial charge in [0, 0.05) is 11.4 Å². The number of amides is 2. The molecule has 1 aromatic rings. The molecule has 2 amide bonds. The molecule has 6 heteroatoms. The van der Waals surface area contributed by atoms with Crippen LogP contribution < -0.4 is 0 Å². The van der Waals surface area contributed by atoms with Gasteiger partial charge < -0.3 is 9.80 Å². The summed E-state index contributed by atoms with van der Waals surface area (Å²) in [6, 6.07) is -0.396. The van der Waals surface area contributed by atoms with Crippen LogP contribution >= 0.6 is 11.3 Å². The van der Waals surface area contributed by atoms with Gasteiger partial charge in [-0.2, -0.15) is 0 Å². The number of aryl methyl sites for hydroxylation is 2. The van der Waals surface area contributed by atoms with Gasteiger partial charge in [0.15, 0.2) is 0 Å². The molecule has 0 aromatic carbocycles. The third-order valence-electron chi connectivity index (χ3n) is 3.65. The van der Waals surface area contributed by atoms with E-state index >= 15 is 0 Å².